The standard InChI is InChI=1S/C20H25Cl2N3O4/c1-3-25-16(12-24-7-9-28-10-8-24)17(19(26)29-4-2)18(23-20(25)27)14-6-5-13(21)11-15(14)22/h5-6,11,18H,3-4,7-10,12H2,1-2H3,(H,23,27)/t18-/m0/s1. The van der Waals surface area contributed by atoms with E-state index in [1.807, 2.05) is 6.92 Å². The van der Waals surface area contributed by atoms with Crippen LogP contribution in [0.15, 0.2) is 29.5 Å². The molecule has 0 unspecified atom stereocenters. The van der Waals surface area contributed by atoms with E-state index in [1.54, 1.807) is 30.0 Å². The van der Waals surface area contributed by atoms with E-state index in [0.717, 1.165) is 13.1 Å². The molecule has 0 radical (unpaired) electrons. The van der Waals surface area contributed by atoms with Crippen molar-refractivity contribution in [1.82, 2.24) is 15.1 Å². The number of benzene rings is 1. The average molecular weight is 442 g/mol. The molecule has 2 amide bonds. The topological polar surface area (TPSA) is 71.1 Å². The minimum absolute atomic E-state index is 0.230. The minimum atomic E-state index is -0.717. The third-order valence-corrected chi connectivity index (χ3v) is 5.56. The first-order chi connectivity index (χ1) is 14.0. The molecule has 0 aliphatic carbocycles. The average Bonchev–Trinajstić information content (AvgIpc) is 2.69. The fraction of sp³-hybridized carbons (Fsp3) is 0.500. The van der Waals surface area contributed by atoms with Crippen molar-refractivity contribution in [3.05, 3.63) is 45.1 Å². The van der Waals surface area contributed by atoms with Gasteiger partial charge in [-0.3, -0.25) is 9.80 Å². The molecule has 0 saturated carbocycles. The Balaban J connectivity index is 2.11. The summed E-state index contributed by atoms with van der Waals surface area (Å²) in [6, 6.07) is 4.01. The molecule has 1 aromatic rings. The molecule has 158 valence electrons. The smallest absolute Gasteiger partial charge is 0.338 e. The van der Waals surface area contributed by atoms with Crippen molar-refractivity contribution < 1.29 is 19.1 Å². The van der Waals surface area contributed by atoms with E-state index in [-0.39, 0.29) is 12.6 Å². The molecule has 1 saturated heterocycles. The summed E-state index contributed by atoms with van der Waals surface area (Å²) in [5.74, 6) is -0.467. The highest BCUT2D eigenvalue weighted by atomic mass is 35.5. The number of rotatable bonds is 6. The van der Waals surface area contributed by atoms with E-state index in [4.69, 9.17) is 32.7 Å². The molecule has 0 aromatic heterocycles. The highest BCUT2D eigenvalue weighted by Crippen LogP contribution is 2.36. The largest absolute Gasteiger partial charge is 0.463 e. The maximum Gasteiger partial charge on any atom is 0.338 e. The Morgan fingerprint density at radius 2 is 2.00 bits per heavy atom. The quantitative estimate of drug-likeness (QED) is 0.686. The van der Waals surface area contributed by atoms with Crippen LogP contribution in [-0.2, 0) is 14.3 Å². The number of carbonyl (C=O) groups is 2. The summed E-state index contributed by atoms with van der Waals surface area (Å²) in [4.78, 5) is 29.6. The maximum absolute atomic E-state index is 13.0. The lowest BCUT2D eigenvalue weighted by Gasteiger charge is -2.39. The van der Waals surface area contributed by atoms with E-state index in [0.29, 0.717) is 53.2 Å². The zero-order chi connectivity index (χ0) is 21.0. The summed E-state index contributed by atoms with van der Waals surface area (Å²) in [5.41, 5.74) is 1.62. The van der Waals surface area contributed by atoms with Gasteiger partial charge in [-0.1, -0.05) is 29.3 Å². The molecule has 7 nitrogen and oxygen atoms in total. The normalized spacial score (nSPS) is 20.6. The van der Waals surface area contributed by atoms with E-state index < -0.39 is 12.0 Å². The summed E-state index contributed by atoms with van der Waals surface area (Å²) in [6.45, 7) is 7.42. The first kappa shape index (κ1) is 21.9. The number of amides is 2. The van der Waals surface area contributed by atoms with Gasteiger partial charge >= 0.3 is 12.0 Å². The van der Waals surface area contributed by atoms with Crippen LogP contribution in [0.1, 0.15) is 25.5 Å². The molecule has 2 aliphatic heterocycles. The second kappa shape index (κ2) is 9.80. The number of ether oxygens (including phenoxy) is 2. The molecular weight excluding hydrogens is 417 g/mol. The zero-order valence-electron chi connectivity index (χ0n) is 16.5. The highest BCUT2D eigenvalue weighted by molar-refractivity contribution is 6.35. The number of urea groups is 1. The van der Waals surface area contributed by atoms with Gasteiger partial charge in [0.05, 0.1) is 31.4 Å². The summed E-state index contributed by atoms with van der Waals surface area (Å²) in [6.07, 6.45) is 0. The van der Waals surface area contributed by atoms with Crippen LogP contribution in [0.2, 0.25) is 10.0 Å². The van der Waals surface area contributed by atoms with Crippen molar-refractivity contribution in [2.45, 2.75) is 19.9 Å². The second-order valence-electron chi connectivity index (χ2n) is 6.76. The number of likely N-dealkylation sites (N-methyl/N-ethyl adjacent to an activating group) is 1. The van der Waals surface area contributed by atoms with Crippen LogP contribution in [0.5, 0.6) is 0 Å². The molecule has 2 aliphatic rings. The monoisotopic (exact) mass is 441 g/mol. The first-order valence-corrected chi connectivity index (χ1v) is 10.4. The number of morpholine rings is 1. The molecule has 1 fully saturated rings. The summed E-state index contributed by atoms with van der Waals surface area (Å²) < 4.78 is 10.8. The molecule has 1 aromatic carbocycles. The number of nitrogens with one attached hydrogen (secondary N) is 1. The van der Waals surface area contributed by atoms with Gasteiger partial charge in [-0.2, -0.15) is 0 Å². The van der Waals surface area contributed by atoms with E-state index in [9.17, 15) is 9.59 Å². The summed E-state index contributed by atoms with van der Waals surface area (Å²) in [7, 11) is 0. The van der Waals surface area contributed by atoms with Crippen molar-refractivity contribution in [2.75, 3.05) is 46.0 Å². The Morgan fingerprint density at radius 3 is 2.62 bits per heavy atom. The third-order valence-electron chi connectivity index (χ3n) is 5.00. The Bertz CT molecular complexity index is 809. The fourth-order valence-corrected chi connectivity index (χ4v) is 4.12. The SMILES string of the molecule is CCOC(=O)C1=C(CN2CCOCC2)N(CC)C(=O)N[C@H]1c1ccc(Cl)cc1Cl. The third kappa shape index (κ3) is 4.86. The molecule has 0 bridgehead atoms. The number of hydrogen-bond donors (Lipinski definition) is 1. The van der Waals surface area contributed by atoms with Crippen LogP contribution < -0.4 is 5.32 Å². The van der Waals surface area contributed by atoms with Crippen molar-refractivity contribution in [3.8, 4) is 0 Å². The van der Waals surface area contributed by atoms with Gasteiger partial charge in [0.15, 0.2) is 0 Å². The van der Waals surface area contributed by atoms with Crippen LogP contribution in [0, 0.1) is 0 Å². The van der Waals surface area contributed by atoms with E-state index in [2.05, 4.69) is 10.2 Å². The van der Waals surface area contributed by atoms with Gasteiger partial charge in [0.2, 0.25) is 0 Å². The van der Waals surface area contributed by atoms with Gasteiger partial charge in [-0.15, -0.1) is 0 Å². The first-order valence-electron chi connectivity index (χ1n) is 9.69. The second-order valence-corrected chi connectivity index (χ2v) is 7.61. The zero-order valence-corrected chi connectivity index (χ0v) is 18.1. The van der Waals surface area contributed by atoms with Gasteiger partial charge in [0.25, 0.3) is 0 Å². The lowest BCUT2D eigenvalue weighted by molar-refractivity contribution is -0.139. The van der Waals surface area contributed by atoms with Gasteiger partial charge in [-0.05, 0) is 31.5 Å². The summed E-state index contributed by atoms with van der Waals surface area (Å²) in [5, 5.41) is 3.76. The van der Waals surface area contributed by atoms with Crippen LogP contribution >= 0.6 is 23.2 Å². The molecule has 29 heavy (non-hydrogen) atoms. The number of esters is 1. The van der Waals surface area contributed by atoms with E-state index in [1.165, 1.54) is 0 Å². The molecule has 2 heterocycles. The van der Waals surface area contributed by atoms with Gasteiger partial charge in [0.1, 0.15) is 0 Å². The molecule has 3 rings (SSSR count). The number of carbonyl (C=O) groups excluding carboxylic acids is 2. The Labute approximate surface area is 180 Å². The summed E-state index contributed by atoms with van der Waals surface area (Å²) >= 11 is 12.5. The Hall–Kier alpha value is -1.80. The Morgan fingerprint density at radius 1 is 1.28 bits per heavy atom. The van der Waals surface area contributed by atoms with Gasteiger partial charge in [-0.25, -0.2) is 9.59 Å². The van der Waals surface area contributed by atoms with Crippen LogP contribution in [0.4, 0.5) is 4.79 Å². The van der Waals surface area contributed by atoms with Crippen LogP contribution in [-0.4, -0.2) is 67.8 Å². The van der Waals surface area contributed by atoms with Gasteiger partial charge in [0, 0.05) is 41.9 Å². The van der Waals surface area contributed by atoms with Crippen molar-refractivity contribution >= 4 is 35.2 Å². The minimum Gasteiger partial charge on any atom is -0.463 e. The number of halogens is 2. The number of nitrogens with zero attached hydrogens (tertiary/aromatic N) is 2. The molecule has 0 spiro atoms. The lowest BCUT2D eigenvalue weighted by atomic mass is 9.94. The fourth-order valence-electron chi connectivity index (χ4n) is 3.60. The highest BCUT2D eigenvalue weighted by Gasteiger charge is 2.39. The predicted molar refractivity (Wildman–Crippen MR) is 111 cm³/mol. The van der Waals surface area contributed by atoms with Gasteiger partial charge < -0.3 is 14.8 Å². The van der Waals surface area contributed by atoms with Crippen molar-refractivity contribution in [2.24, 2.45) is 0 Å². The number of hydrogen-bond acceptors (Lipinski definition) is 5. The van der Waals surface area contributed by atoms with Crippen molar-refractivity contribution in [3.63, 3.8) is 0 Å². The molecular formula is C20H25Cl2N3O4. The van der Waals surface area contributed by atoms with E-state index >= 15 is 0 Å². The molecule has 9 heteroatoms. The lowest BCUT2D eigenvalue weighted by Crippen LogP contribution is -2.51. The van der Waals surface area contributed by atoms with Crippen LogP contribution in [0.25, 0.3) is 0 Å². The van der Waals surface area contributed by atoms with Crippen molar-refractivity contribution in [1.29, 1.82) is 0 Å². The van der Waals surface area contributed by atoms with Crippen LogP contribution in [0.3, 0.4) is 0 Å². The molecule has 1 atom stereocenters. The maximum atomic E-state index is 13.0. The Kier molecular flexibility index (Phi) is 7.40. The predicted octanol–water partition coefficient (Wildman–Crippen LogP) is 3.23. The molecule has 1 N–H and O–H groups in total.